The number of carbonyl (C=O) groups excluding carboxylic acids is 1. The monoisotopic (exact) mass is 344 g/mol. The maximum absolute atomic E-state index is 12.5. The summed E-state index contributed by atoms with van der Waals surface area (Å²) >= 11 is 1.74. The first-order valence-electron chi connectivity index (χ1n) is 8.46. The van der Waals surface area contributed by atoms with Crippen molar-refractivity contribution < 1.29 is 4.79 Å². The second-order valence-electron chi connectivity index (χ2n) is 6.12. The van der Waals surface area contributed by atoms with E-state index in [0.29, 0.717) is 12.5 Å². The van der Waals surface area contributed by atoms with Crippen molar-refractivity contribution in [1.29, 1.82) is 0 Å². The van der Waals surface area contributed by atoms with Crippen molar-refractivity contribution in [3.05, 3.63) is 46.8 Å². The molecule has 1 aliphatic heterocycles. The SMILES string of the molecule is C[C@@H](CNC(=O)N1CCCN(c2ccccn2)CC1)c1cccs1. The second-order valence-corrected chi connectivity index (χ2v) is 7.10. The zero-order valence-corrected chi connectivity index (χ0v) is 14.8. The molecule has 128 valence electrons. The third-order valence-electron chi connectivity index (χ3n) is 4.34. The molecule has 1 fully saturated rings. The van der Waals surface area contributed by atoms with E-state index in [2.05, 4.69) is 39.6 Å². The molecule has 0 saturated carbocycles. The van der Waals surface area contributed by atoms with Crippen molar-refractivity contribution in [3.8, 4) is 0 Å². The quantitative estimate of drug-likeness (QED) is 0.927. The lowest BCUT2D eigenvalue weighted by Crippen LogP contribution is -2.43. The second kappa shape index (κ2) is 8.15. The molecule has 0 aliphatic carbocycles. The summed E-state index contributed by atoms with van der Waals surface area (Å²) in [7, 11) is 0. The zero-order chi connectivity index (χ0) is 16.8. The predicted molar refractivity (Wildman–Crippen MR) is 98.8 cm³/mol. The Morgan fingerprint density at radius 2 is 2.17 bits per heavy atom. The van der Waals surface area contributed by atoms with Crippen molar-refractivity contribution in [2.24, 2.45) is 0 Å². The van der Waals surface area contributed by atoms with Gasteiger partial charge in [0.15, 0.2) is 0 Å². The van der Waals surface area contributed by atoms with Crippen molar-refractivity contribution in [3.63, 3.8) is 0 Å². The molecule has 2 aromatic rings. The van der Waals surface area contributed by atoms with E-state index in [4.69, 9.17) is 0 Å². The molecule has 2 aromatic heterocycles. The van der Waals surface area contributed by atoms with E-state index >= 15 is 0 Å². The maximum Gasteiger partial charge on any atom is 0.317 e. The van der Waals surface area contributed by atoms with Crippen LogP contribution in [0.15, 0.2) is 41.9 Å². The van der Waals surface area contributed by atoms with Gasteiger partial charge in [0.2, 0.25) is 0 Å². The zero-order valence-electron chi connectivity index (χ0n) is 14.0. The third kappa shape index (κ3) is 4.26. The summed E-state index contributed by atoms with van der Waals surface area (Å²) in [6.07, 6.45) is 2.78. The Kier molecular flexibility index (Phi) is 5.69. The van der Waals surface area contributed by atoms with E-state index in [9.17, 15) is 4.79 Å². The number of nitrogens with zero attached hydrogens (tertiary/aromatic N) is 3. The van der Waals surface area contributed by atoms with Crippen LogP contribution in [0.3, 0.4) is 0 Å². The number of anilines is 1. The van der Waals surface area contributed by atoms with E-state index in [-0.39, 0.29) is 6.03 Å². The van der Waals surface area contributed by atoms with Gasteiger partial charge in [-0.15, -0.1) is 11.3 Å². The molecule has 2 amide bonds. The van der Waals surface area contributed by atoms with Gasteiger partial charge in [0.05, 0.1) is 0 Å². The Balaban J connectivity index is 1.49. The summed E-state index contributed by atoms with van der Waals surface area (Å²) in [6, 6.07) is 10.2. The van der Waals surface area contributed by atoms with Gasteiger partial charge in [-0.1, -0.05) is 19.1 Å². The van der Waals surface area contributed by atoms with Crippen LogP contribution < -0.4 is 10.2 Å². The molecule has 1 aliphatic rings. The highest BCUT2D eigenvalue weighted by atomic mass is 32.1. The number of aromatic nitrogens is 1. The van der Waals surface area contributed by atoms with Gasteiger partial charge in [-0.05, 0) is 30.0 Å². The van der Waals surface area contributed by atoms with Gasteiger partial charge in [0.25, 0.3) is 0 Å². The highest BCUT2D eigenvalue weighted by molar-refractivity contribution is 7.10. The van der Waals surface area contributed by atoms with Crippen LogP contribution in [0.25, 0.3) is 0 Å². The summed E-state index contributed by atoms with van der Waals surface area (Å²) in [4.78, 5) is 22.3. The molecular formula is C18H24N4OS. The molecule has 0 unspecified atom stereocenters. The van der Waals surface area contributed by atoms with Crippen molar-refractivity contribution >= 4 is 23.2 Å². The molecule has 3 rings (SSSR count). The minimum Gasteiger partial charge on any atom is -0.355 e. The molecule has 0 radical (unpaired) electrons. The van der Waals surface area contributed by atoms with Crippen LogP contribution in [0.5, 0.6) is 0 Å². The van der Waals surface area contributed by atoms with Crippen molar-refractivity contribution in [2.45, 2.75) is 19.3 Å². The summed E-state index contributed by atoms with van der Waals surface area (Å²) < 4.78 is 0. The highest BCUT2D eigenvalue weighted by Crippen LogP contribution is 2.19. The Bertz CT molecular complexity index is 632. The Morgan fingerprint density at radius 3 is 2.92 bits per heavy atom. The number of rotatable bonds is 4. The first-order chi connectivity index (χ1) is 11.7. The number of pyridine rings is 1. The Morgan fingerprint density at radius 1 is 1.25 bits per heavy atom. The lowest BCUT2D eigenvalue weighted by Gasteiger charge is -2.23. The fourth-order valence-corrected chi connectivity index (χ4v) is 3.70. The van der Waals surface area contributed by atoms with Gasteiger partial charge in [0, 0.05) is 49.7 Å². The lowest BCUT2D eigenvalue weighted by atomic mass is 10.1. The van der Waals surface area contributed by atoms with Crippen LogP contribution in [0.4, 0.5) is 10.6 Å². The standard InChI is InChI=1S/C18H24N4OS/c1-15(16-6-4-13-24-16)14-20-18(23)22-10-5-9-21(11-12-22)17-7-2-3-8-19-17/h2-4,6-8,13,15H,5,9-12,14H2,1H3,(H,20,23)/t15-/m0/s1. The van der Waals surface area contributed by atoms with Crippen LogP contribution in [0, 0.1) is 0 Å². The van der Waals surface area contributed by atoms with Gasteiger partial charge >= 0.3 is 6.03 Å². The lowest BCUT2D eigenvalue weighted by molar-refractivity contribution is 0.201. The fourth-order valence-electron chi connectivity index (χ4n) is 2.91. The number of hydrogen-bond donors (Lipinski definition) is 1. The molecule has 6 heteroatoms. The molecule has 24 heavy (non-hydrogen) atoms. The number of thiophene rings is 1. The van der Waals surface area contributed by atoms with Crippen LogP contribution in [0.1, 0.15) is 24.1 Å². The summed E-state index contributed by atoms with van der Waals surface area (Å²) in [5.74, 6) is 1.34. The third-order valence-corrected chi connectivity index (χ3v) is 5.45. The molecule has 1 atom stereocenters. The van der Waals surface area contributed by atoms with Crippen molar-refractivity contribution in [2.75, 3.05) is 37.6 Å². The molecule has 0 bridgehead atoms. The van der Waals surface area contributed by atoms with E-state index in [1.165, 1.54) is 4.88 Å². The van der Waals surface area contributed by atoms with Crippen LogP contribution >= 0.6 is 11.3 Å². The number of amides is 2. The molecule has 3 heterocycles. The average Bonchev–Trinajstić information content (AvgIpc) is 3.05. The first kappa shape index (κ1) is 16.8. The topological polar surface area (TPSA) is 48.5 Å². The van der Waals surface area contributed by atoms with Crippen LogP contribution in [-0.2, 0) is 0 Å². The van der Waals surface area contributed by atoms with Gasteiger partial charge in [-0.25, -0.2) is 9.78 Å². The van der Waals surface area contributed by atoms with E-state index < -0.39 is 0 Å². The van der Waals surface area contributed by atoms with Crippen molar-refractivity contribution in [1.82, 2.24) is 15.2 Å². The molecular weight excluding hydrogens is 320 g/mol. The van der Waals surface area contributed by atoms with E-state index in [1.807, 2.05) is 29.3 Å². The molecule has 1 N–H and O–H groups in total. The first-order valence-corrected chi connectivity index (χ1v) is 9.34. The van der Waals surface area contributed by atoms with Gasteiger partial charge in [-0.3, -0.25) is 0 Å². The summed E-state index contributed by atoms with van der Waals surface area (Å²) in [5.41, 5.74) is 0. The number of carbonyl (C=O) groups is 1. The fraction of sp³-hybridized carbons (Fsp3) is 0.444. The number of hydrogen-bond acceptors (Lipinski definition) is 4. The largest absolute Gasteiger partial charge is 0.355 e. The molecule has 0 aromatic carbocycles. The molecule has 5 nitrogen and oxygen atoms in total. The van der Waals surface area contributed by atoms with Gasteiger partial charge < -0.3 is 15.1 Å². The highest BCUT2D eigenvalue weighted by Gasteiger charge is 2.20. The summed E-state index contributed by atoms with van der Waals surface area (Å²) in [5, 5.41) is 5.16. The number of nitrogens with one attached hydrogen (secondary N) is 1. The minimum absolute atomic E-state index is 0.0428. The normalized spacial score (nSPS) is 16.5. The predicted octanol–water partition coefficient (Wildman–Crippen LogP) is 3.17. The molecule has 0 spiro atoms. The van der Waals surface area contributed by atoms with Gasteiger partial charge in [0.1, 0.15) is 5.82 Å². The maximum atomic E-state index is 12.5. The minimum atomic E-state index is 0.0428. The van der Waals surface area contributed by atoms with Crippen LogP contribution in [0.2, 0.25) is 0 Å². The van der Waals surface area contributed by atoms with E-state index in [0.717, 1.165) is 38.4 Å². The van der Waals surface area contributed by atoms with Crippen LogP contribution in [-0.4, -0.2) is 48.6 Å². The average molecular weight is 344 g/mol. The summed E-state index contributed by atoms with van der Waals surface area (Å²) in [6.45, 7) is 6.12. The molecule has 1 saturated heterocycles. The van der Waals surface area contributed by atoms with E-state index in [1.54, 1.807) is 11.3 Å². The Labute approximate surface area is 147 Å². The smallest absolute Gasteiger partial charge is 0.317 e. The van der Waals surface area contributed by atoms with Gasteiger partial charge in [-0.2, -0.15) is 0 Å². The number of urea groups is 1. The Hall–Kier alpha value is -2.08.